The zero-order valence-electron chi connectivity index (χ0n) is 10.5. The molecule has 0 heterocycles. The summed E-state index contributed by atoms with van der Waals surface area (Å²) in [6, 6.07) is 7.15. The van der Waals surface area contributed by atoms with E-state index in [9.17, 15) is 4.79 Å². The predicted octanol–water partition coefficient (Wildman–Crippen LogP) is 1.27. The molecule has 1 amide bonds. The van der Waals surface area contributed by atoms with Gasteiger partial charge in [0.05, 0.1) is 16.9 Å². The first-order valence-corrected chi connectivity index (χ1v) is 6.10. The first-order chi connectivity index (χ1) is 8.71. The Morgan fingerprint density at radius 1 is 1.44 bits per heavy atom. The van der Waals surface area contributed by atoms with Crippen LogP contribution in [0.1, 0.15) is 29.6 Å². The molecule has 1 aliphatic rings. The van der Waals surface area contributed by atoms with Crippen molar-refractivity contribution in [3.05, 3.63) is 29.8 Å². The zero-order valence-corrected chi connectivity index (χ0v) is 10.5. The van der Waals surface area contributed by atoms with Gasteiger partial charge in [-0.3, -0.25) is 10.6 Å². The number of nitrogens with two attached hydrogens (primary N) is 1. The average Bonchev–Trinajstić information content (AvgIpc) is 2.37. The normalized spacial score (nSPS) is 16.8. The van der Waals surface area contributed by atoms with Crippen molar-refractivity contribution in [2.75, 3.05) is 19.1 Å². The second-order valence-electron chi connectivity index (χ2n) is 4.61. The molecule has 1 aliphatic carbocycles. The van der Waals surface area contributed by atoms with E-state index in [4.69, 9.17) is 10.6 Å². The van der Waals surface area contributed by atoms with Gasteiger partial charge in [-0.25, -0.2) is 0 Å². The van der Waals surface area contributed by atoms with Crippen molar-refractivity contribution < 1.29 is 9.53 Å². The summed E-state index contributed by atoms with van der Waals surface area (Å²) in [5.41, 5.74) is 3.52. The molecule has 0 aliphatic heterocycles. The summed E-state index contributed by atoms with van der Waals surface area (Å²) >= 11 is 0. The number of nitrogens with one attached hydrogen (secondary N) is 2. The number of para-hydroxylation sites is 1. The van der Waals surface area contributed by atoms with E-state index in [2.05, 4.69) is 10.7 Å². The molecule has 1 saturated carbocycles. The molecular weight excluding hydrogens is 230 g/mol. The molecule has 1 aromatic rings. The van der Waals surface area contributed by atoms with E-state index in [-0.39, 0.29) is 11.5 Å². The van der Waals surface area contributed by atoms with Gasteiger partial charge in [0, 0.05) is 13.7 Å². The van der Waals surface area contributed by atoms with Crippen LogP contribution in [0.5, 0.6) is 0 Å². The second kappa shape index (κ2) is 5.37. The molecule has 18 heavy (non-hydrogen) atoms. The molecule has 5 heteroatoms. The third-order valence-electron chi connectivity index (χ3n) is 3.60. The highest BCUT2D eigenvalue weighted by molar-refractivity contribution is 5.99. The van der Waals surface area contributed by atoms with Crippen LogP contribution in [0, 0.1) is 0 Å². The summed E-state index contributed by atoms with van der Waals surface area (Å²) < 4.78 is 5.46. The fourth-order valence-electron chi connectivity index (χ4n) is 2.17. The number of nitrogen functional groups attached to an aromatic ring is 1. The van der Waals surface area contributed by atoms with Gasteiger partial charge in [-0.05, 0) is 31.4 Å². The summed E-state index contributed by atoms with van der Waals surface area (Å²) in [7, 11) is 1.70. The van der Waals surface area contributed by atoms with Crippen LogP contribution in [-0.4, -0.2) is 25.2 Å². The predicted molar refractivity (Wildman–Crippen MR) is 70.2 cm³/mol. The van der Waals surface area contributed by atoms with E-state index in [1.165, 1.54) is 0 Å². The fraction of sp³-hybridized carbons (Fsp3) is 0.462. The van der Waals surface area contributed by atoms with Crippen LogP contribution >= 0.6 is 0 Å². The number of hydrogen-bond acceptors (Lipinski definition) is 4. The van der Waals surface area contributed by atoms with Crippen LogP contribution in [0.3, 0.4) is 0 Å². The average molecular weight is 249 g/mol. The largest absolute Gasteiger partial charge is 0.376 e. The van der Waals surface area contributed by atoms with Crippen LogP contribution < -0.4 is 16.6 Å². The smallest absolute Gasteiger partial charge is 0.253 e. The fourth-order valence-corrected chi connectivity index (χ4v) is 2.17. The van der Waals surface area contributed by atoms with Gasteiger partial charge < -0.3 is 15.5 Å². The standard InChI is InChI=1S/C13H19N3O2/c1-18-13(7-4-8-13)9-15-12(17)10-5-2-3-6-11(10)16-14/h2-3,5-6,16H,4,7-9,14H2,1H3,(H,15,17). The summed E-state index contributed by atoms with van der Waals surface area (Å²) in [6.07, 6.45) is 3.16. The first kappa shape index (κ1) is 12.9. The van der Waals surface area contributed by atoms with Gasteiger partial charge in [-0.15, -0.1) is 0 Å². The maximum absolute atomic E-state index is 12.1. The number of hydrogen-bond donors (Lipinski definition) is 3. The minimum atomic E-state index is -0.166. The van der Waals surface area contributed by atoms with Gasteiger partial charge in [0.1, 0.15) is 0 Å². The molecule has 0 aromatic heterocycles. The van der Waals surface area contributed by atoms with Gasteiger partial charge in [0.2, 0.25) is 0 Å². The molecule has 0 unspecified atom stereocenters. The molecule has 2 rings (SSSR count). The Balaban J connectivity index is 1.99. The number of methoxy groups -OCH3 is 1. The molecule has 0 bridgehead atoms. The van der Waals surface area contributed by atoms with E-state index in [0.717, 1.165) is 19.3 Å². The number of hydrazine groups is 1. The highest BCUT2D eigenvalue weighted by atomic mass is 16.5. The van der Waals surface area contributed by atoms with Crippen LogP contribution in [0.2, 0.25) is 0 Å². The number of rotatable bonds is 5. The van der Waals surface area contributed by atoms with Gasteiger partial charge >= 0.3 is 0 Å². The molecular formula is C13H19N3O2. The third kappa shape index (κ3) is 2.47. The van der Waals surface area contributed by atoms with E-state index < -0.39 is 0 Å². The molecule has 1 fully saturated rings. The number of ether oxygens (including phenoxy) is 1. The Morgan fingerprint density at radius 3 is 2.72 bits per heavy atom. The lowest BCUT2D eigenvalue weighted by Gasteiger charge is -2.40. The quantitative estimate of drug-likeness (QED) is 0.542. The molecule has 0 radical (unpaired) electrons. The lowest BCUT2D eigenvalue weighted by atomic mass is 9.80. The molecule has 4 N–H and O–H groups in total. The van der Waals surface area contributed by atoms with Crippen molar-refractivity contribution in [1.29, 1.82) is 0 Å². The zero-order chi connectivity index (χ0) is 13.0. The van der Waals surface area contributed by atoms with Crippen molar-refractivity contribution >= 4 is 11.6 Å². The highest BCUT2D eigenvalue weighted by Gasteiger charge is 2.37. The van der Waals surface area contributed by atoms with E-state index >= 15 is 0 Å². The number of carbonyl (C=O) groups is 1. The Morgan fingerprint density at radius 2 is 2.17 bits per heavy atom. The van der Waals surface area contributed by atoms with Crippen LogP contribution in [0.25, 0.3) is 0 Å². The summed E-state index contributed by atoms with van der Waals surface area (Å²) in [5.74, 6) is 5.25. The Labute approximate surface area is 107 Å². The van der Waals surface area contributed by atoms with Crippen molar-refractivity contribution in [3.8, 4) is 0 Å². The summed E-state index contributed by atoms with van der Waals surface area (Å²) in [5, 5.41) is 2.91. The third-order valence-corrected chi connectivity index (χ3v) is 3.60. The Hall–Kier alpha value is -1.59. The number of anilines is 1. The van der Waals surface area contributed by atoms with Crippen molar-refractivity contribution in [1.82, 2.24) is 5.32 Å². The molecule has 98 valence electrons. The maximum Gasteiger partial charge on any atom is 0.253 e. The number of amides is 1. The molecule has 5 nitrogen and oxygen atoms in total. The Bertz CT molecular complexity index is 424. The first-order valence-electron chi connectivity index (χ1n) is 6.10. The Kier molecular flexibility index (Phi) is 3.84. The van der Waals surface area contributed by atoms with Gasteiger partial charge in [-0.1, -0.05) is 12.1 Å². The summed E-state index contributed by atoms with van der Waals surface area (Å²) in [6.45, 7) is 0.543. The molecule has 0 spiro atoms. The molecule has 0 saturated heterocycles. The second-order valence-corrected chi connectivity index (χ2v) is 4.61. The van der Waals surface area contributed by atoms with E-state index in [0.29, 0.717) is 17.8 Å². The minimum Gasteiger partial charge on any atom is -0.376 e. The van der Waals surface area contributed by atoms with Crippen LogP contribution in [0.4, 0.5) is 5.69 Å². The van der Waals surface area contributed by atoms with Gasteiger partial charge in [0.25, 0.3) is 5.91 Å². The van der Waals surface area contributed by atoms with E-state index in [1.807, 2.05) is 12.1 Å². The SMILES string of the molecule is COC1(CNC(=O)c2ccccc2NN)CCC1. The van der Waals surface area contributed by atoms with Gasteiger partial charge in [-0.2, -0.15) is 0 Å². The molecule has 1 aromatic carbocycles. The van der Waals surface area contributed by atoms with Crippen molar-refractivity contribution in [3.63, 3.8) is 0 Å². The van der Waals surface area contributed by atoms with Crippen molar-refractivity contribution in [2.24, 2.45) is 5.84 Å². The lowest BCUT2D eigenvalue weighted by molar-refractivity contribution is -0.0679. The molecule has 0 atom stereocenters. The lowest BCUT2D eigenvalue weighted by Crippen LogP contribution is -2.49. The van der Waals surface area contributed by atoms with Gasteiger partial charge in [0.15, 0.2) is 0 Å². The number of benzene rings is 1. The summed E-state index contributed by atoms with van der Waals surface area (Å²) in [4.78, 5) is 12.1. The van der Waals surface area contributed by atoms with Crippen LogP contribution in [-0.2, 0) is 4.74 Å². The monoisotopic (exact) mass is 249 g/mol. The maximum atomic E-state index is 12.1. The van der Waals surface area contributed by atoms with E-state index in [1.54, 1.807) is 19.2 Å². The van der Waals surface area contributed by atoms with Crippen LogP contribution in [0.15, 0.2) is 24.3 Å². The topological polar surface area (TPSA) is 76.4 Å². The number of carbonyl (C=O) groups excluding carboxylic acids is 1. The van der Waals surface area contributed by atoms with Crippen molar-refractivity contribution in [2.45, 2.75) is 24.9 Å². The minimum absolute atomic E-state index is 0.133. The highest BCUT2D eigenvalue weighted by Crippen LogP contribution is 2.34.